The fraction of sp³-hybridized carbons (Fsp3) is 0.750. The minimum Gasteiger partial charge on any atom is -0.430 e. The summed E-state index contributed by atoms with van der Waals surface area (Å²) in [5.41, 5.74) is 0.684. The first-order chi connectivity index (χ1) is 7.34. The Kier molecular flexibility index (Phi) is 2.08. The van der Waals surface area contributed by atoms with Crippen LogP contribution in [0.1, 0.15) is 6.92 Å². The van der Waals surface area contributed by atoms with Gasteiger partial charge < -0.3 is 4.74 Å². The molecule has 0 aromatic heterocycles. The van der Waals surface area contributed by atoms with Crippen molar-refractivity contribution in [3.8, 4) is 0 Å². The molecular formula is C12H17BrO2Si. The van der Waals surface area contributed by atoms with Crippen LogP contribution in [0.4, 0.5) is 0 Å². The fourth-order valence-corrected chi connectivity index (χ4v) is 8.37. The molecule has 3 unspecified atom stereocenters. The van der Waals surface area contributed by atoms with Crippen LogP contribution in [0.15, 0.2) is 10.2 Å². The maximum atomic E-state index is 11.9. The molecule has 0 aromatic carbocycles. The lowest BCUT2D eigenvalue weighted by atomic mass is 9.86. The third-order valence-corrected chi connectivity index (χ3v) is 8.24. The Morgan fingerprint density at radius 3 is 2.31 bits per heavy atom. The maximum absolute atomic E-state index is 11.9. The van der Waals surface area contributed by atoms with E-state index in [-0.39, 0.29) is 11.9 Å². The molecule has 0 radical (unpaired) electrons. The van der Waals surface area contributed by atoms with E-state index in [0.717, 1.165) is 5.76 Å². The van der Waals surface area contributed by atoms with Gasteiger partial charge in [-0.3, -0.25) is 4.79 Å². The third kappa shape index (κ3) is 1.10. The Morgan fingerprint density at radius 2 is 1.81 bits per heavy atom. The molecule has 1 saturated carbocycles. The predicted octanol–water partition coefficient (Wildman–Crippen LogP) is 3.37. The highest BCUT2D eigenvalue weighted by Gasteiger charge is 2.66. The van der Waals surface area contributed by atoms with E-state index >= 15 is 0 Å². The number of allylic oxidation sites excluding steroid dienone is 2. The van der Waals surface area contributed by atoms with E-state index in [2.05, 4.69) is 42.5 Å². The van der Waals surface area contributed by atoms with E-state index < -0.39 is 8.07 Å². The van der Waals surface area contributed by atoms with E-state index in [0.29, 0.717) is 23.3 Å². The molecule has 2 aliphatic carbocycles. The highest BCUT2D eigenvalue weighted by Crippen LogP contribution is 2.69. The lowest BCUT2D eigenvalue weighted by molar-refractivity contribution is -0.139. The van der Waals surface area contributed by atoms with Crippen molar-refractivity contribution in [3.63, 3.8) is 0 Å². The van der Waals surface area contributed by atoms with Gasteiger partial charge in [-0.2, -0.15) is 0 Å². The van der Waals surface area contributed by atoms with Crippen LogP contribution in [0.3, 0.4) is 0 Å². The monoisotopic (exact) mass is 300 g/mol. The first-order valence-electron chi connectivity index (χ1n) is 5.95. The summed E-state index contributed by atoms with van der Waals surface area (Å²) in [7, 11) is -1.25. The van der Waals surface area contributed by atoms with Gasteiger partial charge in [0.2, 0.25) is 0 Å². The SMILES string of the molecule is C[C@@H]1C2C(Br)=C3OC(=O)[C@@H]1C3C2[Si](C)(C)C. The summed E-state index contributed by atoms with van der Waals surface area (Å²) < 4.78 is 6.66. The van der Waals surface area contributed by atoms with Gasteiger partial charge in [0.15, 0.2) is 0 Å². The quantitative estimate of drug-likeness (QED) is 0.548. The first kappa shape index (κ1) is 11.0. The number of ether oxygens (including phenoxy) is 1. The van der Waals surface area contributed by atoms with E-state index in [1.807, 2.05) is 0 Å². The lowest BCUT2D eigenvalue weighted by Gasteiger charge is -2.30. The smallest absolute Gasteiger partial charge is 0.315 e. The van der Waals surface area contributed by atoms with Gasteiger partial charge >= 0.3 is 5.97 Å². The van der Waals surface area contributed by atoms with Crippen molar-refractivity contribution < 1.29 is 9.53 Å². The van der Waals surface area contributed by atoms with Crippen molar-refractivity contribution in [1.29, 1.82) is 0 Å². The minimum absolute atomic E-state index is 0.0210. The van der Waals surface area contributed by atoms with Crippen molar-refractivity contribution >= 4 is 30.0 Å². The maximum Gasteiger partial charge on any atom is 0.315 e. The second-order valence-corrected chi connectivity index (χ2v) is 12.7. The summed E-state index contributed by atoms with van der Waals surface area (Å²) in [6, 6.07) is 0. The van der Waals surface area contributed by atoms with Crippen molar-refractivity contribution in [2.24, 2.45) is 23.7 Å². The Balaban J connectivity index is 2.12. The van der Waals surface area contributed by atoms with E-state index in [4.69, 9.17) is 4.74 Å². The normalized spacial score (nSPS) is 45.6. The molecule has 88 valence electrons. The van der Waals surface area contributed by atoms with Crippen molar-refractivity contribution in [2.45, 2.75) is 32.1 Å². The molecule has 3 aliphatic rings. The molecule has 0 spiro atoms. The molecule has 1 heterocycles. The summed E-state index contributed by atoms with van der Waals surface area (Å²) in [4.78, 5) is 11.9. The van der Waals surface area contributed by atoms with Gasteiger partial charge in [-0.1, -0.05) is 42.5 Å². The van der Waals surface area contributed by atoms with Gasteiger partial charge in [0, 0.05) is 18.5 Å². The number of hydrogen-bond acceptors (Lipinski definition) is 2. The lowest BCUT2D eigenvalue weighted by Crippen LogP contribution is -2.32. The molecule has 1 aliphatic heterocycles. The molecule has 16 heavy (non-hydrogen) atoms. The third-order valence-electron chi connectivity index (χ3n) is 4.61. The molecule has 1 saturated heterocycles. The average molecular weight is 301 g/mol. The van der Waals surface area contributed by atoms with Crippen LogP contribution in [0.2, 0.25) is 25.2 Å². The van der Waals surface area contributed by atoms with Gasteiger partial charge in [-0.05, 0) is 17.4 Å². The molecule has 0 aromatic rings. The zero-order valence-electron chi connectivity index (χ0n) is 10.1. The van der Waals surface area contributed by atoms with Crippen LogP contribution in [-0.4, -0.2) is 14.0 Å². The molecule has 4 heteroatoms. The summed E-state index contributed by atoms with van der Waals surface area (Å²) in [5, 5.41) is 0. The van der Waals surface area contributed by atoms with Crippen molar-refractivity contribution in [2.75, 3.05) is 0 Å². The highest BCUT2D eigenvalue weighted by molar-refractivity contribution is 9.11. The highest BCUT2D eigenvalue weighted by atomic mass is 79.9. The second-order valence-electron chi connectivity index (χ2n) is 6.46. The van der Waals surface area contributed by atoms with Gasteiger partial charge in [0.1, 0.15) is 5.76 Å². The van der Waals surface area contributed by atoms with Gasteiger partial charge in [0.05, 0.1) is 5.92 Å². The van der Waals surface area contributed by atoms with Crippen LogP contribution in [0, 0.1) is 23.7 Å². The van der Waals surface area contributed by atoms with Crippen LogP contribution in [0.25, 0.3) is 0 Å². The Morgan fingerprint density at radius 1 is 1.19 bits per heavy atom. The number of fused-ring (bicyclic) bond motifs is 1. The van der Waals surface area contributed by atoms with Crippen molar-refractivity contribution in [1.82, 2.24) is 0 Å². The summed E-state index contributed by atoms with van der Waals surface area (Å²) in [5.74, 6) is 2.54. The van der Waals surface area contributed by atoms with E-state index in [1.54, 1.807) is 0 Å². The molecule has 0 amide bonds. The zero-order valence-corrected chi connectivity index (χ0v) is 12.7. The number of carbonyl (C=O) groups is 1. The number of rotatable bonds is 1. The Labute approximate surface area is 106 Å². The summed E-state index contributed by atoms with van der Waals surface area (Å²) >= 11 is 3.67. The number of hydrogen-bond donors (Lipinski definition) is 0. The van der Waals surface area contributed by atoms with E-state index in [1.165, 1.54) is 4.48 Å². The number of carbonyl (C=O) groups excluding carboxylic acids is 1. The van der Waals surface area contributed by atoms with Gasteiger partial charge in [-0.15, -0.1) is 0 Å². The van der Waals surface area contributed by atoms with Crippen LogP contribution >= 0.6 is 15.9 Å². The number of esters is 1. The largest absolute Gasteiger partial charge is 0.430 e. The summed E-state index contributed by atoms with van der Waals surface area (Å²) in [6.45, 7) is 9.44. The fourth-order valence-electron chi connectivity index (χ4n) is 4.09. The van der Waals surface area contributed by atoms with Crippen LogP contribution < -0.4 is 0 Å². The molecule has 2 fully saturated rings. The summed E-state index contributed by atoms with van der Waals surface area (Å²) in [6.07, 6.45) is 0. The predicted molar refractivity (Wildman–Crippen MR) is 68.8 cm³/mol. The topological polar surface area (TPSA) is 26.3 Å². The average Bonchev–Trinajstić information content (AvgIpc) is 2.67. The molecule has 2 nitrogen and oxygen atoms in total. The zero-order chi connectivity index (χ0) is 11.8. The molecule has 2 bridgehead atoms. The molecule has 0 N–H and O–H groups in total. The molecule has 5 atom stereocenters. The Hall–Kier alpha value is -0.0931. The molecular weight excluding hydrogens is 284 g/mol. The standard InChI is InChI=1S/C12H17BrO2Si/c1-5-6-8-10(15-12(6)14)9(13)7(5)11(8)16(2,3)4/h5-8,11H,1-4H3/t5-,6-,7?,8?,11?/m0/s1. The van der Waals surface area contributed by atoms with Gasteiger partial charge in [-0.25, -0.2) is 0 Å². The van der Waals surface area contributed by atoms with Crippen molar-refractivity contribution in [3.05, 3.63) is 10.2 Å². The van der Waals surface area contributed by atoms with Crippen LogP contribution in [-0.2, 0) is 9.53 Å². The minimum atomic E-state index is -1.25. The van der Waals surface area contributed by atoms with Gasteiger partial charge in [0.25, 0.3) is 0 Å². The Bertz CT molecular complexity index is 410. The second kappa shape index (κ2) is 3.02. The number of halogens is 1. The molecule has 3 rings (SSSR count). The van der Waals surface area contributed by atoms with Crippen LogP contribution in [0.5, 0.6) is 0 Å². The van der Waals surface area contributed by atoms with E-state index in [9.17, 15) is 4.79 Å². The first-order valence-corrected chi connectivity index (χ1v) is 10.3.